The molecule has 0 spiro atoms. The Hall–Kier alpha value is -2.12. The molecule has 0 aliphatic carbocycles. The lowest BCUT2D eigenvalue weighted by atomic mass is 10.2. The van der Waals surface area contributed by atoms with Crippen molar-refractivity contribution in [1.29, 1.82) is 0 Å². The van der Waals surface area contributed by atoms with Crippen molar-refractivity contribution in [2.45, 2.75) is 13.3 Å². The normalized spacial score (nSPS) is 11.0. The van der Waals surface area contributed by atoms with Crippen LogP contribution in [0, 0.1) is 12.7 Å². The summed E-state index contributed by atoms with van der Waals surface area (Å²) < 4.78 is 13.8. The minimum atomic E-state index is -0.340. The van der Waals surface area contributed by atoms with E-state index in [0.717, 1.165) is 22.0 Å². The maximum atomic E-state index is 13.8. The molecule has 0 aliphatic rings. The van der Waals surface area contributed by atoms with Gasteiger partial charge in [-0.3, -0.25) is 5.10 Å². The standard InChI is InChI=1S/C14H14FN5S/c1-8-12(21-11(17-8)6-7-16)14-18-13(19-20-14)9-4-2-3-5-10(9)15/h2-5H,6-7,16H2,1H3,(H,18,19,20). The number of nitrogens with one attached hydrogen (secondary N) is 1. The first-order chi connectivity index (χ1) is 10.2. The molecule has 0 amide bonds. The van der Waals surface area contributed by atoms with E-state index >= 15 is 0 Å². The third-order valence-corrected chi connectivity index (χ3v) is 4.24. The van der Waals surface area contributed by atoms with Crippen LogP contribution in [0.15, 0.2) is 24.3 Å². The fourth-order valence-electron chi connectivity index (χ4n) is 2.03. The van der Waals surface area contributed by atoms with E-state index < -0.39 is 0 Å². The molecule has 0 atom stereocenters. The highest BCUT2D eigenvalue weighted by atomic mass is 32.1. The summed E-state index contributed by atoms with van der Waals surface area (Å²) in [7, 11) is 0. The number of aromatic amines is 1. The summed E-state index contributed by atoms with van der Waals surface area (Å²) in [5.74, 6) is 0.607. The SMILES string of the molecule is Cc1nc(CCN)sc1-c1nc(-c2ccccc2F)n[nH]1. The number of H-pyrrole nitrogens is 1. The van der Waals surface area contributed by atoms with Crippen LogP contribution in [0.5, 0.6) is 0 Å². The minimum absolute atomic E-state index is 0.340. The molecule has 0 saturated carbocycles. The molecule has 108 valence electrons. The summed E-state index contributed by atoms with van der Waals surface area (Å²) in [4.78, 5) is 9.74. The van der Waals surface area contributed by atoms with Gasteiger partial charge in [-0.25, -0.2) is 14.4 Å². The molecule has 0 fully saturated rings. The number of nitrogens with two attached hydrogens (primary N) is 1. The van der Waals surface area contributed by atoms with Crippen LogP contribution < -0.4 is 5.73 Å². The maximum Gasteiger partial charge on any atom is 0.184 e. The highest BCUT2D eigenvalue weighted by Crippen LogP contribution is 2.29. The van der Waals surface area contributed by atoms with Gasteiger partial charge in [-0.1, -0.05) is 12.1 Å². The first-order valence-corrected chi connectivity index (χ1v) is 7.34. The zero-order valence-corrected chi connectivity index (χ0v) is 12.2. The van der Waals surface area contributed by atoms with Gasteiger partial charge in [-0.05, 0) is 25.6 Å². The summed E-state index contributed by atoms with van der Waals surface area (Å²) >= 11 is 1.53. The van der Waals surface area contributed by atoms with Gasteiger partial charge in [-0.15, -0.1) is 11.3 Å². The van der Waals surface area contributed by atoms with Crippen LogP contribution in [0.1, 0.15) is 10.7 Å². The second kappa shape index (κ2) is 5.71. The maximum absolute atomic E-state index is 13.8. The van der Waals surface area contributed by atoms with Gasteiger partial charge in [0.2, 0.25) is 0 Å². The van der Waals surface area contributed by atoms with Gasteiger partial charge in [0.1, 0.15) is 5.82 Å². The molecule has 21 heavy (non-hydrogen) atoms. The van der Waals surface area contributed by atoms with Crippen LogP contribution in [0.3, 0.4) is 0 Å². The molecular formula is C14H14FN5S. The fraction of sp³-hybridized carbons (Fsp3) is 0.214. The van der Waals surface area contributed by atoms with Crippen LogP contribution in [0.2, 0.25) is 0 Å². The van der Waals surface area contributed by atoms with Gasteiger partial charge < -0.3 is 5.73 Å². The van der Waals surface area contributed by atoms with Crippen molar-refractivity contribution in [3.05, 3.63) is 40.8 Å². The van der Waals surface area contributed by atoms with E-state index in [-0.39, 0.29) is 5.82 Å². The molecule has 0 aliphatic heterocycles. The number of nitrogens with zero attached hydrogens (tertiary/aromatic N) is 3. The molecule has 0 saturated heterocycles. The molecule has 5 nitrogen and oxygen atoms in total. The van der Waals surface area contributed by atoms with Crippen molar-refractivity contribution in [2.75, 3.05) is 6.54 Å². The van der Waals surface area contributed by atoms with Crippen molar-refractivity contribution >= 4 is 11.3 Å². The Kier molecular flexibility index (Phi) is 3.76. The van der Waals surface area contributed by atoms with Gasteiger partial charge >= 0.3 is 0 Å². The fourth-order valence-corrected chi connectivity index (χ4v) is 3.05. The molecule has 0 unspecified atom stereocenters. The number of aryl methyl sites for hydroxylation is 1. The minimum Gasteiger partial charge on any atom is -0.330 e. The van der Waals surface area contributed by atoms with Crippen molar-refractivity contribution in [3.8, 4) is 22.1 Å². The Morgan fingerprint density at radius 2 is 2.10 bits per heavy atom. The molecule has 3 N–H and O–H groups in total. The third-order valence-electron chi connectivity index (χ3n) is 3.01. The van der Waals surface area contributed by atoms with Gasteiger partial charge in [0.05, 0.1) is 21.1 Å². The van der Waals surface area contributed by atoms with E-state index in [4.69, 9.17) is 5.73 Å². The van der Waals surface area contributed by atoms with Gasteiger partial charge in [0.25, 0.3) is 0 Å². The number of rotatable bonds is 4. The number of aromatic nitrogens is 4. The molecule has 0 radical (unpaired) electrons. The largest absolute Gasteiger partial charge is 0.330 e. The summed E-state index contributed by atoms with van der Waals surface area (Å²) in [6, 6.07) is 6.44. The monoisotopic (exact) mass is 303 g/mol. The molecular weight excluding hydrogens is 289 g/mol. The lowest BCUT2D eigenvalue weighted by Crippen LogP contribution is -2.01. The Bertz CT molecular complexity index is 764. The molecule has 7 heteroatoms. The van der Waals surface area contributed by atoms with E-state index in [1.165, 1.54) is 17.4 Å². The van der Waals surface area contributed by atoms with Crippen LogP contribution in [-0.2, 0) is 6.42 Å². The molecule has 2 aromatic heterocycles. The first kappa shape index (κ1) is 13.8. The van der Waals surface area contributed by atoms with Gasteiger partial charge in [0.15, 0.2) is 11.6 Å². The Morgan fingerprint density at radius 3 is 2.86 bits per heavy atom. The molecule has 0 bridgehead atoms. The van der Waals surface area contributed by atoms with Crippen molar-refractivity contribution < 1.29 is 4.39 Å². The summed E-state index contributed by atoms with van der Waals surface area (Å²) in [5.41, 5.74) is 6.80. The van der Waals surface area contributed by atoms with E-state index in [1.54, 1.807) is 18.2 Å². The highest BCUT2D eigenvalue weighted by molar-refractivity contribution is 7.15. The van der Waals surface area contributed by atoms with Gasteiger partial charge in [0, 0.05) is 6.42 Å². The number of hydrogen-bond acceptors (Lipinski definition) is 5. The van der Waals surface area contributed by atoms with Crippen LogP contribution in [0.25, 0.3) is 22.1 Å². The van der Waals surface area contributed by atoms with Crippen molar-refractivity contribution in [3.63, 3.8) is 0 Å². The first-order valence-electron chi connectivity index (χ1n) is 6.53. The van der Waals surface area contributed by atoms with Crippen LogP contribution in [0.4, 0.5) is 4.39 Å². The second-order valence-electron chi connectivity index (χ2n) is 4.55. The summed E-state index contributed by atoms with van der Waals surface area (Å²) in [5, 5.41) is 7.92. The number of benzene rings is 1. The number of thiazole rings is 1. The number of halogens is 1. The van der Waals surface area contributed by atoms with Crippen LogP contribution >= 0.6 is 11.3 Å². The lowest BCUT2D eigenvalue weighted by molar-refractivity contribution is 0.630. The quantitative estimate of drug-likeness (QED) is 0.776. The summed E-state index contributed by atoms with van der Waals surface area (Å²) in [6.07, 6.45) is 0.736. The van der Waals surface area contributed by atoms with E-state index in [9.17, 15) is 4.39 Å². The highest BCUT2D eigenvalue weighted by Gasteiger charge is 2.15. The predicted molar refractivity (Wildman–Crippen MR) is 80.4 cm³/mol. The zero-order valence-electron chi connectivity index (χ0n) is 11.4. The second-order valence-corrected chi connectivity index (χ2v) is 5.63. The Morgan fingerprint density at radius 1 is 1.29 bits per heavy atom. The molecule has 3 aromatic rings. The van der Waals surface area contributed by atoms with E-state index in [2.05, 4.69) is 20.2 Å². The van der Waals surface area contributed by atoms with Crippen molar-refractivity contribution in [1.82, 2.24) is 20.2 Å². The smallest absolute Gasteiger partial charge is 0.184 e. The van der Waals surface area contributed by atoms with Crippen molar-refractivity contribution in [2.24, 2.45) is 5.73 Å². The average Bonchev–Trinajstić information content (AvgIpc) is 3.06. The topological polar surface area (TPSA) is 80.5 Å². The summed E-state index contributed by atoms with van der Waals surface area (Å²) in [6.45, 7) is 2.47. The molecule has 2 heterocycles. The van der Waals surface area contributed by atoms with E-state index in [1.807, 2.05) is 6.92 Å². The lowest BCUT2D eigenvalue weighted by Gasteiger charge is -1.95. The Balaban J connectivity index is 1.97. The predicted octanol–water partition coefficient (Wildman–Crippen LogP) is 2.54. The molecule has 1 aromatic carbocycles. The number of hydrogen-bond donors (Lipinski definition) is 2. The average molecular weight is 303 g/mol. The zero-order chi connectivity index (χ0) is 14.8. The van der Waals surface area contributed by atoms with E-state index in [0.29, 0.717) is 23.8 Å². The van der Waals surface area contributed by atoms with Crippen LogP contribution in [-0.4, -0.2) is 26.7 Å². The molecule has 3 rings (SSSR count). The third kappa shape index (κ3) is 2.70. The van der Waals surface area contributed by atoms with Gasteiger partial charge in [-0.2, -0.15) is 5.10 Å². The Labute approximate surface area is 125 Å².